The Morgan fingerprint density at radius 1 is 1.62 bits per heavy atom. The van der Waals surface area contributed by atoms with Crippen molar-refractivity contribution in [1.29, 1.82) is 5.26 Å². The van der Waals surface area contributed by atoms with Gasteiger partial charge in [0.1, 0.15) is 11.6 Å². The van der Waals surface area contributed by atoms with Crippen LogP contribution in [0, 0.1) is 25.0 Å². The van der Waals surface area contributed by atoms with Crippen molar-refractivity contribution < 1.29 is 14.5 Å². The lowest BCUT2D eigenvalue weighted by Crippen LogP contribution is -2.08. The van der Waals surface area contributed by atoms with Crippen LogP contribution in [0.2, 0.25) is 0 Å². The summed E-state index contributed by atoms with van der Waals surface area (Å²) in [4.78, 5) is 21.3. The lowest BCUT2D eigenvalue weighted by molar-refractivity contribution is -0.385. The first-order chi connectivity index (χ1) is 7.52. The second-order valence-corrected chi connectivity index (χ2v) is 3.84. The van der Waals surface area contributed by atoms with Crippen LogP contribution in [0.4, 0.5) is 5.69 Å². The number of nitro benzene ring substituents is 1. The highest BCUT2D eigenvalue weighted by Crippen LogP contribution is 2.26. The molecule has 7 heteroatoms. The van der Waals surface area contributed by atoms with Crippen LogP contribution in [0.3, 0.4) is 0 Å². The molecule has 0 saturated carbocycles. The predicted octanol–water partition coefficient (Wildman–Crippen LogP) is 1.86. The molecule has 0 atom stereocenters. The number of carbonyl (C=O) groups is 1. The van der Waals surface area contributed by atoms with Crippen LogP contribution in [-0.4, -0.2) is 18.0 Å². The minimum absolute atomic E-state index is 0.0696. The van der Waals surface area contributed by atoms with E-state index in [0.717, 1.165) is 7.11 Å². The van der Waals surface area contributed by atoms with Crippen molar-refractivity contribution in [1.82, 2.24) is 0 Å². The highest BCUT2D eigenvalue weighted by molar-refractivity contribution is 14.1. The molecule has 0 aliphatic rings. The van der Waals surface area contributed by atoms with Crippen molar-refractivity contribution in [3.05, 3.63) is 36.9 Å². The zero-order chi connectivity index (χ0) is 12.3. The Hall–Kier alpha value is -1.69. The fourth-order valence-corrected chi connectivity index (χ4v) is 1.80. The lowest BCUT2D eigenvalue weighted by atomic mass is 10.1. The van der Waals surface area contributed by atoms with Gasteiger partial charge in [0, 0.05) is 9.64 Å². The molecule has 0 aliphatic heterocycles. The molecule has 16 heavy (non-hydrogen) atoms. The van der Waals surface area contributed by atoms with E-state index in [2.05, 4.69) is 4.74 Å². The Balaban J connectivity index is 3.58. The van der Waals surface area contributed by atoms with E-state index in [1.54, 1.807) is 6.07 Å². The average Bonchev–Trinajstić information content (AvgIpc) is 2.26. The molecule has 0 radical (unpaired) electrons. The van der Waals surface area contributed by atoms with E-state index in [-0.39, 0.29) is 11.1 Å². The van der Waals surface area contributed by atoms with Gasteiger partial charge in [-0.2, -0.15) is 5.26 Å². The molecule has 0 unspecified atom stereocenters. The highest BCUT2D eigenvalue weighted by Gasteiger charge is 2.24. The lowest BCUT2D eigenvalue weighted by Gasteiger charge is -2.04. The summed E-state index contributed by atoms with van der Waals surface area (Å²) in [7, 11) is 1.15. The molecule has 0 fully saturated rings. The maximum atomic E-state index is 11.4. The summed E-state index contributed by atoms with van der Waals surface area (Å²) < 4.78 is 4.91. The van der Waals surface area contributed by atoms with Crippen LogP contribution >= 0.6 is 22.6 Å². The fourth-order valence-electron chi connectivity index (χ4n) is 1.13. The molecule has 0 aromatic heterocycles. The second-order valence-electron chi connectivity index (χ2n) is 2.68. The molecule has 1 rings (SSSR count). The normalized spacial score (nSPS) is 9.31. The zero-order valence-electron chi connectivity index (χ0n) is 8.06. The molecule has 0 heterocycles. The maximum absolute atomic E-state index is 11.4. The zero-order valence-corrected chi connectivity index (χ0v) is 10.2. The van der Waals surface area contributed by atoms with Gasteiger partial charge in [-0.15, -0.1) is 0 Å². The van der Waals surface area contributed by atoms with E-state index in [0.29, 0.717) is 3.57 Å². The smallest absolute Gasteiger partial charge is 0.340 e. The number of nitriles is 1. The monoisotopic (exact) mass is 332 g/mol. The first-order valence-corrected chi connectivity index (χ1v) is 5.06. The Morgan fingerprint density at radius 2 is 2.25 bits per heavy atom. The number of benzene rings is 1. The molecule has 0 amide bonds. The van der Waals surface area contributed by atoms with Crippen molar-refractivity contribution >= 4 is 34.2 Å². The van der Waals surface area contributed by atoms with Gasteiger partial charge in [0.2, 0.25) is 0 Å². The number of rotatable bonds is 2. The van der Waals surface area contributed by atoms with Crippen LogP contribution in [0.5, 0.6) is 0 Å². The summed E-state index contributed by atoms with van der Waals surface area (Å²) in [6.07, 6.45) is 0. The first-order valence-electron chi connectivity index (χ1n) is 3.98. The summed E-state index contributed by atoms with van der Waals surface area (Å²) in [5, 5.41) is 19.5. The number of ether oxygens (including phenoxy) is 1. The number of hydrogen-bond acceptors (Lipinski definition) is 5. The van der Waals surface area contributed by atoms with Gasteiger partial charge in [-0.05, 0) is 28.7 Å². The van der Waals surface area contributed by atoms with E-state index in [4.69, 9.17) is 5.26 Å². The number of halogens is 1. The van der Waals surface area contributed by atoms with Crippen molar-refractivity contribution in [3.8, 4) is 6.07 Å². The van der Waals surface area contributed by atoms with Crippen molar-refractivity contribution in [2.45, 2.75) is 0 Å². The molecule has 82 valence electrons. The van der Waals surface area contributed by atoms with Gasteiger partial charge < -0.3 is 4.74 Å². The molecule has 0 N–H and O–H groups in total. The number of nitrogens with zero attached hydrogens (tertiary/aromatic N) is 2. The molecule has 6 nitrogen and oxygen atoms in total. The standard InChI is InChI=1S/C9H5IN2O4/c1-16-9(13)8-5(4-11)7(12(14)15)3-2-6(8)10/h2-3H,1H3. The fraction of sp³-hybridized carbons (Fsp3) is 0.111. The topological polar surface area (TPSA) is 93.2 Å². The summed E-state index contributed by atoms with van der Waals surface area (Å²) in [6.45, 7) is 0. The van der Waals surface area contributed by atoms with Crippen LogP contribution in [-0.2, 0) is 4.74 Å². The summed E-state index contributed by atoms with van der Waals surface area (Å²) in [5.41, 5.74) is -0.744. The van der Waals surface area contributed by atoms with Gasteiger partial charge in [-0.25, -0.2) is 4.79 Å². The third-order valence-corrected chi connectivity index (χ3v) is 2.73. The van der Waals surface area contributed by atoms with Crippen LogP contribution in [0.15, 0.2) is 12.1 Å². The molecule has 1 aromatic carbocycles. The van der Waals surface area contributed by atoms with Crippen LogP contribution in [0.25, 0.3) is 0 Å². The van der Waals surface area contributed by atoms with E-state index in [9.17, 15) is 14.9 Å². The Labute approximate surface area is 104 Å². The third kappa shape index (κ3) is 2.11. The van der Waals surface area contributed by atoms with Crippen molar-refractivity contribution in [3.63, 3.8) is 0 Å². The number of esters is 1. The van der Waals surface area contributed by atoms with Crippen molar-refractivity contribution in [2.24, 2.45) is 0 Å². The number of carbonyl (C=O) groups excluding carboxylic acids is 1. The van der Waals surface area contributed by atoms with Crippen LogP contribution in [0.1, 0.15) is 15.9 Å². The predicted molar refractivity (Wildman–Crippen MR) is 61.9 cm³/mol. The van der Waals surface area contributed by atoms with E-state index >= 15 is 0 Å². The van der Waals surface area contributed by atoms with E-state index in [1.165, 1.54) is 12.1 Å². The van der Waals surface area contributed by atoms with Gasteiger partial charge in [0.05, 0.1) is 17.6 Å². The SMILES string of the molecule is COC(=O)c1c(I)ccc([N+](=O)[O-])c1C#N. The quantitative estimate of drug-likeness (QED) is 0.357. The molecule has 1 aromatic rings. The van der Waals surface area contributed by atoms with Gasteiger partial charge >= 0.3 is 5.97 Å². The molecule has 0 bridgehead atoms. The average molecular weight is 332 g/mol. The molecule has 0 saturated heterocycles. The van der Waals surface area contributed by atoms with Crippen LogP contribution < -0.4 is 0 Å². The molecular weight excluding hydrogens is 327 g/mol. The molecular formula is C9H5IN2O4. The van der Waals surface area contributed by atoms with E-state index < -0.39 is 16.6 Å². The largest absolute Gasteiger partial charge is 0.465 e. The first kappa shape index (κ1) is 12.4. The Kier molecular flexibility index (Phi) is 3.78. The van der Waals surface area contributed by atoms with Gasteiger partial charge in [0.15, 0.2) is 0 Å². The highest BCUT2D eigenvalue weighted by atomic mass is 127. The number of methoxy groups -OCH3 is 1. The number of nitro groups is 1. The Morgan fingerprint density at radius 3 is 2.69 bits per heavy atom. The minimum atomic E-state index is -0.760. The van der Waals surface area contributed by atoms with Gasteiger partial charge in [-0.3, -0.25) is 10.1 Å². The van der Waals surface area contributed by atoms with Gasteiger partial charge in [-0.1, -0.05) is 0 Å². The van der Waals surface area contributed by atoms with Crippen molar-refractivity contribution in [2.75, 3.05) is 7.11 Å². The van der Waals surface area contributed by atoms with Gasteiger partial charge in [0.25, 0.3) is 5.69 Å². The summed E-state index contributed by atoms with van der Waals surface area (Å²) >= 11 is 1.81. The molecule has 0 spiro atoms. The second kappa shape index (κ2) is 4.89. The van der Waals surface area contributed by atoms with E-state index in [1.807, 2.05) is 22.6 Å². The maximum Gasteiger partial charge on any atom is 0.340 e. The third-order valence-electron chi connectivity index (χ3n) is 1.83. The molecule has 0 aliphatic carbocycles. The summed E-state index contributed by atoms with van der Waals surface area (Å²) in [5.74, 6) is -0.760. The summed E-state index contributed by atoms with van der Waals surface area (Å²) in [6, 6.07) is 4.24. The number of hydrogen-bond donors (Lipinski definition) is 0. The minimum Gasteiger partial charge on any atom is -0.465 e. The Bertz CT molecular complexity index is 507.